The highest BCUT2D eigenvalue weighted by atomic mass is 16.5. The van der Waals surface area contributed by atoms with Crippen LogP contribution in [0.4, 0.5) is 0 Å². The summed E-state index contributed by atoms with van der Waals surface area (Å²) >= 11 is 0. The summed E-state index contributed by atoms with van der Waals surface area (Å²) in [5.74, 6) is 2.11. The molecule has 0 saturated heterocycles. The molecular weight excluding hydrogens is 332 g/mol. The fraction of sp³-hybridized carbons (Fsp3) is 0.0400. The zero-order chi connectivity index (χ0) is 19.3. The maximum absolute atomic E-state index is 5.63. The molecule has 136 valence electrons. The molecule has 0 fully saturated rings. The Kier molecular flexibility index (Phi) is 8.19. The van der Waals surface area contributed by atoms with Crippen molar-refractivity contribution in [3.8, 4) is 5.75 Å². The lowest BCUT2D eigenvalue weighted by Crippen LogP contribution is -1.91. The van der Waals surface area contributed by atoms with Gasteiger partial charge < -0.3 is 9.47 Å². The minimum absolute atomic E-state index is 0.573. The van der Waals surface area contributed by atoms with Crippen molar-refractivity contribution < 1.29 is 9.47 Å². The van der Waals surface area contributed by atoms with Gasteiger partial charge in [-0.3, -0.25) is 0 Å². The summed E-state index contributed by atoms with van der Waals surface area (Å²) in [6, 6.07) is 29.3. The highest BCUT2D eigenvalue weighted by Gasteiger charge is 2.03. The molecule has 0 radical (unpaired) electrons. The first-order valence-corrected chi connectivity index (χ1v) is 8.66. The maximum Gasteiger partial charge on any atom is 0.127 e. The second kappa shape index (κ2) is 11.2. The van der Waals surface area contributed by atoms with E-state index in [1.54, 1.807) is 6.08 Å². The highest BCUT2D eigenvalue weighted by Crippen LogP contribution is 2.22. The van der Waals surface area contributed by atoms with Crippen molar-refractivity contribution in [3.05, 3.63) is 128 Å². The molecular formula is C25H24O2. The van der Waals surface area contributed by atoms with Crippen molar-refractivity contribution >= 4 is 11.5 Å². The monoisotopic (exact) mass is 356 g/mol. The summed E-state index contributed by atoms with van der Waals surface area (Å²) in [7, 11) is 0. The van der Waals surface area contributed by atoms with Crippen LogP contribution in [0.25, 0.3) is 11.5 Å². The quantitative estimate of drug-likeness (QED) is 0.351. The van der Waals surface area contributed by atoms with Crippen molar-refractivity contribution in [2.75, 3.05) is 6.61 Å². The normalized spacial score (nSPS) is 9.33. The van der Waals surface area contributed by atoms with Crippen LogP contribution >= 0.6 is 0 Å². The maximum atomic E-state index is 5.63. The Morgan fingerprint density at radius 2 is 1.07 bits per heavy atom. The van der Waals surface area contributed by atoms with Crippen LogP contribution in [-0.2, 0) is 4.74 Å². The topological polar surface area (TPSA) is 18.5 Å². The Morgan fingerprint density at radius 1 is 0.667 bits per heavy atom. The van der Waals surface area contributed by atoms with Gasteiger partial charge in [-0.2, -0.15) is 0 Å². The highest BCUT2D eigenvalue weighted by molar-refractivity contribution is 5.67. The van der Waals surface area contributed by atoms with Crippen molar-refractivity contribution in [2.24, 2.45) is 0 Å². The van der Waals surface area contributed by atoms with Crippen LogP contribution in [0.2, 0.25) is 0 Å². The van der Waals surface area contributed by atoms with E-state index in [1.807, 2.05) is 91.0 Å². The smallest absolute Gasteiger partial charge is 0.127 e. The van der Waals surface area contributed by atoms with Crippen LogP contribution in [0.15, 0.2) is 117 Å². The molecule has 0 amide bonds. The molecule has 0 aliphatic carbocycles. The Labute approximate surface area is 161 Å². The summed E-state index contributed by atoms with van der Waals surface area (Å²) < 4.78 is 10.9. The number of para-hydroxylation sites is 1. The van der Waals surface area contributed by atoms with Crippen molar-refractivity contribution in [1.29, 1.82) is 0 Å². The predicted octanol–water partition coefficient (Wildman–Crippen LogP) is 6.60. The lowest BCUT2D eigenvalue weighted by atomic mass is 10.2. The Balaban J connectivity index is 0.000000223. The summed E-state index contributed by atoms with van der Waals surface area (Å²) in [5.41, 5.74) is 1.93. The molecule has 0 heterocycles. The molecule has 3 aromatic carbocycles. The first-order valence-electron chi connectivity index (χ1n) is 8.66. The van der Waals surface area contributed by atoms with E-state index in [4.69, 9.17) is 9.47 Å². The minimum Gasteiger partial charge on any atom is -0.490 e. The standard InChI is InChI=1S/C16H14O.C9H10O/c1-13(15-9-5-3-6-10-15)17-14(2)16-11-7-4-8-12-16;1-2-8-10-9-6-4-3-5-7-9/h3-12H,1-2H2;2-7H,1,8H2. The lowest BCUT2D eigenvalue weighted by Gasteiger charge is -2.11. The van der Waals surface area contributed by atoms with E-state index in [2.05, 4.69) is 19.7 Å². The SMILES string of the molecule is C=C(OC(=C)c1ccccc1)c1ccccc1.C=CCOc1ccccc1. The van der Waals surface area contributed by atoms with Gasteiger partial charge >= 0.3 is 0 Å². The van der Waals surface area contributed by atoms with E-state index >= 15 is 0 Å². The zero-order valence-electron chi connectivity index (χ0n) is 15.4. The van der Waals surface area contributed by atoms with Crippen LogP contribution in [0.1, 0.15) is 11.1 Å². The largest absolute Gasteiger partial charge is 0.490 e. The van der Waals surface area contributed by atoms with Crippen LogP contribution in [0, 0.1) is 0 Å². The van der Waals surface area contributed by atoms with Gasteiger partial charge in [-0.15, -0.1) is 0 Å². The molecule has 2 heteroatoms. The summed E-state index contributed by atoms with van der Waals surface area (Å²) in [5, 5.41) is 0. The molecule has 0 spiro atoms. The third-order valence-corrected chi connectivity index (χ3v) is 3.55. The Hall–Kier alpha value is -3.52. The fourth-order valence-corrected chi connectivity index (χ4v) is 2.19. The average molecular weight is 356 g/mol. The van der Waals surface area contributed by atoms with Crippen molar-refractivity contribution in [3.63, 3.8) is 0 Å². The summed E-state index contributed by atoms with van der Waals surface area (Å²) in [6.07, 6.45) is 1.73. The molecule has 0 saturated carbocycles. The number of rotatable bonds is 7. The molecule has 27 heavy (non-hydrogen) atoms. The molecule has 0 aromatic heterocycles. The van der Waals surface area contributed by atoms with Crippen LogP contribution in [-0.4, -0.2) is 6.61 Å². The molecule has 0 aliphatic rings. The first kappa shape index (κ1) is 19.8. The van der Waals surface area contributed by atoms with Crippen LogP contribution < -0.4 is 4.74 Å². The summed E-state index contributed by atoms with van der Waals surface area (Å²) in [4.78, 5) is 0. The first-order chi connectivity index (χ1) is 13.2. The van der Waals surface area contributed by atoms with Crippen molar-refractivity contribution in [2.45, 2.75) is 0 Å². The lowest BCUT2D eigenvalue weighted by molar-refractivity contribution is 0.363. The van der Waals surface area contributed by atoms with E-state index in [9.17, 15) is 0 Å². The van der Waals surface area contributed by atoms with E-state index in [0.717, 1.165) is 16.9 Å². The number of ether oxygens (including phenoxy) is 2. The molecule has 0 unspecified atom stereocenters. The minimum atomic E-state index is 0.573. The second-order valence-corrected chi connectivity index (χ2v) is 5.59. The Bertz CT molecular complexity index is 788. The van der Waals surface area contributed by atoms with Gasteiger partial charge in [0.15, 0.2) is 0 Å². The average Bonchev–Trinajstić information content (AvgIpc) is 2.74. The third kappa shape index (κ3) is 7.09. The molecule has 0 atom stereocenters. The van der Waals surface area contributed by atoms with Gasteiger partial charge in [0.1, 0.15) is 23.9 Å². The van der Waals surface area contributed by atoms with Crippen molar-refractivity contribution in [1.82, 2.24) is 0 Å². The molecule has 3 aromatic rings. The summed E-state index contributed by atoms with van der Waals surface area (Å²) in [6.45, 7) is 11.9. The molecule has 0 aliphatic heterocycles. The molecule has 0 N–H and O–H groups in total. The number of hydrogen-bond acceptors (Lipinski definition) is 2. The van der Waals surface area contributed by atoms with Gasteiger partial charge in [-0.05, 0) is 12.1 Å². The second-order valence-electron chi connectivity index (χ2n) is 5.59. The van der Waals surface area contributed by atoms with Gasteiger partial charge in [0.2, 0.25) is 0 Å². The van der Waals surface area contributed by atoms with E-state index < -0.39 is 0 Å². The number of benzene rings is 3. The molecule has 2 nitrogen and oxygen atoms in total. The third-order valence-electron chi connectivity index (χ3n) is 3.55. The van der Waals surface area contributed by atoms with Gasteiger partial charge in [0, 0.05) is 11.1 Å². The van der Waals surface area contributed by atoms with E-state index in [-0.39, 0.29) is 0 Å². The Morgan fingerprint density at radius 3 is 1.48 bits per heavy atom. The van der Waals surface area contributed by atoms with Crippen LogP contribution in [0.5, 0.6) is 5.75 Å². The predicted molar refractivity (Wildman–Crippen MR) is 114 cm³/mol. The van der Waals surface area contributed by atoms with E-state index in [1.165, 1.54) is 0 Å². The molecule has 0 bridgehead atoms. The van der Waals surface area contributed by atoms with Gasteiger partial charge in [-0.1, -0.05) is 105 Å². The molecule has 3 rings (SSSR count). The van der Waals surface area contributed by atoms with Crippen LogP contribution in [0.3, 0.4) is 0 Å². The number of hydrogen-bond donors (Lipinski definition) is 0. The van der Waals surface area contributed by atoms with Gasteiger partial charge in [0.25, 0.3) is 0 Å². The fourth-order valence-electron chi connectivity index (χ4n) is 2.19. The zero-order valence-corrected chi connectivity index (χ0v) is 15.4. The van der Waals surface area contributed by atoms with E-state index in [0.29, 0.717) is 18.1 Å². The van der Waals surface area contributed by atoms with Gasteiger partial charge in [-0.25, -0.2) is 0 Å². The van der Waals surface area contributed by atoms with Gasteiger partial charge in [0.05, 0.1) is 0 Å².